The van der Waals surface area contributed by atoms with Gasteiger partial charge >= 0.3 is 5.97 Å². The van der Waals surface area contributed by atoms with Gasteiger partial charge in [-0.25, -0.2) is 4.79 Å². The van der Waals surface area contributed by atoms with Gasteiger partial charge < -0.3 is 24.8 Å². The fourth-order valence-corrected chi connectivity index (χ4v) is 5.06. The van der Waals surface area contributed by atoms with Crippen LogP contribution in [0.3, 0.4) is 0 Å². The van der Waals surface area contributed by atoms with Crippen molar-refractivity contribution in [3.8, 4) is 11.5 Å². The van der Waals surface area contributed by atoms with E-state index in [4.69, 9.17) is 14.2 Å². The molecule has 0 aliphatic carbocycles. The van der Waals surface area contributed by atoms with Crippen molar-refractivity contribution in [1.29, 1.82) is 0 Å². The Morgan fingerprint density at radius 3 is 1.90 bits per heavy atom. The number of thioether (sulfide) groups is 1. The molecule has 0 spiro atoms. The van der Waals surface area contributed by atoms with E-state index in [-0.39, 0.29) is 18.4 Å². The lowest BCUT2D eigenvalue weighted by atomic mass is 10.1. The van der Waals surface area contributed by atoms with E-state index < -0.39 is 11.2 Å². The number of nitrogens with one attached hydrogen (secondary N) is 2. The minimum absolute atomic E-state index is 0.217. The van der Waals surface area contributed by atoms with Crippen molar-refractivity contribution in [2.45, 2.75) is 17.1 Å². The van der Waals surface area contributed by atoms with Crippen molar-refractivity contribution >= 4 is 40.9 Å². The lowest BCUT2D eigenvalue weighted by Gasteiger charge is -2.18. The average molecular weight is 571 g/mol. The molecule has 41 heavy (non-hydrogen) atoms. The Labute approximate surface area is 243 Å². The van der Waals surface area contributed by atoms with Gasteiger partial charge in [-0.05, 0) is 73.2 Å². The SMILES string of the molecule is CCOC(=O)c1ccc(NC(=O)C(Sc2ccc(NC(=O)c3c(OC)cccc3OC)cc2)c2ccccc2)cc1. The summed E-state index contributed by atoms with van der Waals surface area (Å²) in [4.78, 5) is 39.2. The lowest BCUT2D eigenvalue weighted by Crippen LogP contribution is -2.19. The Bertz CT molecular complexity index is 1470. The van der Waals surface area contributed by atoms with E-state index in [0.717, 1.165) is 10.5 Å². The summed E-state index contributed by atoms with van der Waals surface area (Å²) in [5, 5.41) is 5.26. The van der Waals surface area contributed by atoms with Crippen molar-refractivity contribution in [2.24, 2.45) is 0 Å². The molecule has 4 aromatic rings. The number of anilines is 2. The minimum atomic E-state index is -0.556. The average Bonchev–Trinajstić information content (AvgIpc) is 3.01. The maximum Gasteiger partial charge on any atom is 0.338 e. The summed E-state index contributed by atoms with van der Waals surface area (Å²) in [6, 6.07) is 28.4. The van der Waals surface area contributed by atoms with Crippen molar-refractivity contribution in [3.63, 3.8) is 0 Å². The highest BCUT2D eigenvalue weighted by Gasteiger charge is 2.23. The largest absolute Gasteiger partial charge is 0.496 e. The van der Waals surface area contributed by atoms with Gasteiger partial charge in [-0.15, -0.1) is 11.8 Å². The van der Waals surface area contributed by atoms with E-state index in [9.17, 15) is 14.4 Å². The molecule has 4 aromatic carbocycles. The van der Waals surface area contributed by atoms with Crippen LogP contribution in [0.4, 0.5) is 11.4 Å². The number of carbonyl (C=O) groups excluding carboxylic acids is 3. The van der Waals surface area contributed by atoms with Crippen LogP contribution < -0.4 is 20.1 Å². The first-order chi connectivity index (χ1) is 19.9. The van der Waals surface area contributed by atoms with Crippen molar-refractivity contribution < 1.29 is 28.6 Å². The van der Waals surface area contributed by atoms with E-state index in [1.54, 1.807) is 61.5 Å². The van der Waals surface area contributed by atoms with Crippen LogP contribution in [-0.2, 0) is 9.53 Å². The zero-order chi connectivity index (χ0) is 29.2. The number of hydrogen-bond donors (Lipinski definition) is 2. The first kappa shape index (κ1) is 29.2. The normalized spacial score (nSPS) is 11.2. The van der Waals surface area contributed by atoms with Crippen molar-refractivity contribution in [1.82, 2.24) is 0 Å². The predicted octanol–water partition coefficient (Wildman–Crippen LogP) is 6.60. The molecule has 0 fully saturated rings. The molecule has 1 atom stereocenters. The maximum atomic E-state index is 13.4. The maximum absolute atomic E-state index is 13.4. The Morgan fingerprint density at radius 1 is 0.732 bits per heavy atom. The van der Waals surface area contributed by atoms with Crippen molar-refractivity contribution in [2.75, 3.05) is 31.5 Å². The van der Waals surface area contributed by atoms with Crippen LogP contribution in [0.25, 0.3) is 0 Å². The highest BCUT2D eigenvalue weighted by atomic mass is 32.2. The molecule has 0 aliphatic heterocycles. The second-order valence-corrected chi connectivity index (χ2v) is 9.89. The summed E-state index contributed by atoms with van der Waals surface area (Å²) >= 11 is 1.38. The van der Waals surface area contributed by atoms with E-state index >= 15 is 0 Å². The molecule has 210 valence electrons. The number of rotatable bonds is 11. The van der Waals surface area contributed by atoms with Gasteiger partial charge in [0.1, 0.15) is 22.3 Å². The first-order valence-corrected chi connectivity index (χ1v) is 13.7. The molecule has 9 heteroatoms. The van der Waals surface area contributed by atoms with Gasteiger partial charge in [0.2, 0.25) is 5.91 Å². The molecule has 2 N–H and O–H groups in total. The zero-order valence-corrected chi connectivity index (χ0v) is 23.7. The van der Waals surface area contributed by atoms with Gasteiger partial charge in [0.15, 0.2) is 0 Å². The summed E-state index contributed by atoms with van der Waals surface area (Å²) in [5.41, 5.74) is 2.69. The van der Waals surface area contributed by atoms with Crippen LogP contribution in [0.2, 0.25) is 0 Å². The summed E-state index contributed by atoms with van der Waals surface area (Å²) in [6.07, 6.45) is 0. The fourth-order valence-electron chi connectivity index (χ4n) is 4.03. The standard InChI is InChI=1S/C32H30N2O6S/c1-4-40-32(37)22-13-15-23(16-14-22)34-31(36)29(21-9-6-5-7-10-21)41-25-19-17-24(18-20-25)33-30(35)28-26(38-2)11-8-12-27(28)39-3/h5-20,29H,4H2,1-3H3,(H,33,35)(H,34,36). The summed E-state index contributed by atoms with van der Waals surface area (Å²) in [6.45, 7) is 2.04. The monoisotopic (exact) mass is 570 g/mol. The molecule has 0 bridgehead atoms. The molecular weight excluding hydrogens is 540 g/mol. The zero-order valence-electron chi connectivity index (χ0n) is 22.9. The highest BCUT2D eigenvalue weighted by molar-refractivity contribution is 8.00. The van der Waals surface area contributed by atoms with E-state index in [2.05, 4.69) is 10.6 Å². The molecule has 1 unspecified atom stereocenters. The number of hydrogen-bond acceptors (Lipinski definition) is 7. The topological polar surface area (TPSA) is 103 Å². The van der Waals surface area contributed by atoms with Crippen LogP contribution >= 0.6 is 11.8 Å². The fraction of sp³-hybridized carbons (Fsp3) is 0.156. The molecule has 0 saturated heterocycles. The van der Waals surface area contributed by atoms with E-state index in [1.807, 2.05) is 42.5 Å². The summed E-state index contributed by atoms with van der Waals surface area (Å²) in [7, 11) is 2.99. The second kappa shape index (κ2) is 14.0. The molecule has 4 rings (SSSR count). The Kier molecular flexibility index (Phi) is 10.0. The van der Waals surface area contributed by atoms with Crippen LogP contribution in [0, 0.1) is 0 Å². The second-order valence-electron chi connectivity index (χ2n) is 8.71. The van der Waals surface area contributed by atoms with E-state index in [0.29, 0.717) is 34.0 Å². The number of benzene rings is 4. The van der Waals surface area contributed by atoms with E-state index in [1.165, 1.54) is 26.0 Å². The molecule has 0 radical (unpaired) electrons. The number of esters is 1. The molecule has 8 nitrogen and oxygen atoms in total. The number of ether oxygens (including phenoxy) is 3. The Balaban J connectivity index is 1.48. The third kappa shape index (κ3) is 7.46. The van der Waals surface area contributed by atoms with Gasteiger partial charge in [-0.1, -0.05) is 36.4 Å². The molecule has 0 aromatic heterocycles. The smallest absolute Gasteiger partial charge is 0.338 e. The van der Waals surface area contributed by atoms with Crippen LogP contribution in [0.1, 0.15) is 38.5 Å². The lowest BCUT2D eigenvalue weighted by molar-refractivity contribution is -0.115. The third-order valence-corrected chi connectivity index (χ3v) is 7.29. The molecule has 0 heterocycles. The predicted molar refractivity (Wildman–Crippen MR) is 160 cm³/mol. The van der Waals surface area contributed by atoms with Gasteiger partial charge in [0.05, 0.1) is 26.4 Å². The highest BCUT2D eigenvalue weighted by Crippen LogP contribution is 2.37. The first-order valence-electron chi connectivity index (χ1n) is 12.9. The Hall–Kier alpha value is -4.76. The minimum Gasteiger partial charge on any atom is -0.496 e. The van der Waals surface area contributed by atoms with Crippen molar-refractivity contribution in [3.05, 3.63) is 114 Å². The molecule has 2 amide bonds. The molecular formula is C32H30N2O6S. The van der Waals surface area contributed by atoms with Gasteiger partial charge in [-0.2, -0.15) is 0 Å². The number of methoxy groups -OCH3 is 2. The molecule has 0 aliphatic rings. The number of amides is 2. The van der Waals surface area contributed by atoms with Gasteiger partial charge in [0.25, 0.3) is 5.91 Å². The number of carbonyl (C=O) groups is 3. The van der Waals surface area contributed by atoms with Gasteiger partial charge in [0, 0.05) is 16.3 Å². The van der Waals surface area contributed by atoms with Crippen LogP contribution in [0.15, 0.2) is 102 Å². The summed E-state index contributed by atoms with van der Waals surface area (Å²) < 4.78 is 15.7. The van der Waals surface area contributed by atoms with Crippen LogP contribution in [0.5, 0.6) is 11.5 Å². The quantitative estimate of drug-likeness (QED) is 0.155. The Morgan fingerprint density at radius 2 is 1.32 bits per heavy atom. The third-order valence-electron chi connectivity index (χ3n) is 6.03. The summed E-state index contributed by atoms with van der Waals surface area (Å²) in [5.74, 6) is -0.187. The van der Waals surface area contributed by atoms with Crippen LogP contribution in [-0.4, -0.2) is 38.6 Å². The molecule has 0 saturated carbocycles. The van der Waals surface area contributed by atoms with Gasteiger partial charge in [-0.3, -0.25) is 9.59 Å².